The third-order valence-corrected chi connectivity index (χ3v) is 4.26. The lowest BCUT2D eigenvalue weighted by atomic mass is 10.0. The molecule has 0 amide bonds. The average molecular weight is 349 g/mol. The number of nitrogens with one attached hydrogen (secondary N) is 1. The van der Waals surface area contributed by atoms with Crippen molar-refractivity contribution in [1.29, 1.82) is 0 Å². The Kier molecular flexibility index (Phi) is 3.69. The number of hydrogen-bond donors (Lipinski definition) is 2. The fourth-order valence-electron chi connectivity index (χ4n) is 2.97. The second kappa shape index (κ2) is 6.03. The quantitative estimate of drug-likeness (QED) is 0.759. The van der Waals surface area contributed by atoms with E-state index in [1.54, 1.807) is 18.2 Å². The number of hydrogen-bond acceptors (Lipinski definition) is 5. The maximum Gasteiger partial charge on any atom is 0.331 e. The van der Waals surface area contributed by atoms with Crippen LogP contribution >= 0.6 is 0 Å². The highest BCUT2D eigenvalue weighted by Crippen LogP contribution is 2.35. The van der Waals surface area contributed by atoms with Gasteiger partial charge in [-0.25, -0.2) is 4.79 Å². The number of benzene rings is 1. The lowest BCUT2D eigenvalue weighted by Gasteiger charge is -2.09. The van der Waals surface area contributed by atoms with Crippen LogP contribution in [0.4, 0.5) is 5.69 Å². The van der Waals surface area contributed by atoms with Gasteiger partial charge in [-0.3, -0.25) is 19.3 Å². The first-order valence-electron chi connectivity index (χ1n) is 8.00. The minimum Gasteiger partial charge on any atom is -0.494 e. The second-order valence-corrected chi connectivity index (χ2v) is 5.93. The molecule has 130 valence electrons. The largest absolute Gasteiger partial charge is 0.494 e. The van der Waals surface area contributed by atoms with E-state index in [-0.39, 0.29) is 12.1 Å². The van der Waals surface area contributed by atoms with Gasteiger partial charge in [0.1, 0.15) is 11.3 Å². The summed E-state index contributed by atoms with van der Waals surface area (Å²) in [7, 11) is 0. The molecule has 1 aliphatic rings. The SMILES string of the molecule is CC1=Nc2ccccc2C1=Cc1c(O)n(Cc2ccco2)c(=O)[nH]c1=O. The first kappa shape index (κ1) is 15.9. The first-order chi connectivity index (χ1) is 12.5. The van der Waals surface area contributed by atoms with Crippen molar-refractivity contribution in [3.05, 3.63) is 80.4 Å². The second-order valence-electron chi connectivity index (χ2n) is 5.93. The Morgan fingerprint density at radius 3 is 2.81 bits per heavy atom. The van der Waals surface area contributed by atoms with Crippen LogP contribution < -0.4 is 11.2 Å². The van der Waals surface area contributed by atoms with Gasteiger partial charge in [-0.15, -0.1) is 0 Å². The van der Waals surface area contributed by atoms with Crippen molar-refractivity contribution in [2.45, 2.75) is 13.5 Å². The number of para-hydroxylation sites is 1. The highest BCUT2D eigenvalue weighted by atomic mass is 16.3. The van der Waals surface area contributed by atoms with Crippen LogP contribution in [0.15, 0.2) is 61.7 Å². The Bertz CT molecular complexity index is 1160. The summed E-state index contributed by atoms with van der Waals surface area (Å²) in [4.78, 5) is 31.1. The monoisotopic (exact) mass is 349 g/mol. The number of aliphatic imine (C=N–C) groups is 1. The van der Waals surface area contributed by atoms with Gasteiger partial charge in [-0.05, 0) is 31.2 Å². The summed E-state index contributed by atoms with van der Waals surface area (Å²) < 4.78 is 6.27. The summed E-state index contributed by atoms with van der Waals surface area (Å²) in [6.07, 6.45) is 3.03. The normalized spacial score (nSPS) is 14.5. The van der Waals surface area contributed by atoms with Gasteiger partial charge in [-0.1, -0.05) is 18.2 Å². The van der Waals surface area contributed by atoms with E-state index in [1.807, 2.05) is 31.2 Å². The lowest BCUT2D eigenvalue weighted by Crippen LogP contribution is -2.31. The molecule has 26 heavy (non-hydrogen) atoms. The van der Waals surface area contributed by atoms with Gasteiger partial charge >= 0.3 is 5.69 Å². The van der Waals surface area contributed by atoms with Gasteiger partial charge in [0, 0.05) is 16.8 Å². The van der Waals surface area contributed by atoms with Crippen LogP contribution in [0.1, 0.15) is 23.8 Å². The van der Waals surface area contributed by atoms with Crippen molar-refractivity contribution < 1.29 is 9.52 Å². The molecular formula is C19H15N3O4. The summed E-state index contributed by atoms with van der Waals surface area (Å²) in [5.41, 5.74) is 1.76. The van der Waals surface area contributed by atoms with E-state index < -0.39 is 17.1 Å². The van der Waals surface area contributed by atoms with Gasteiger partial charge in [0.2, 0.25) is 5.88 Å². The van der Waals surface area contributed by atoms with Gasteiger partial charge in [0.05, 0.1) is 18.5 Å². The lowest BCUT2D eigenvalue weighted by molar-refractivity contribution is 0.392. The number of H-pyrrole nitrogens is 1. The summed E-state index contributed by atoms with van der Waals surface area (Å²) in [5, 5.41) is 10.6. The molecule has 0 aliphatic carbocycles. The molecule has 0 spiro atoms. The summed E-state index contributed by atoms with van der Waals surface area (Å²) in [5.74, 6) is 0.0665. The van der Waals surface area contributed by atoms with Crippen molar-refractivity contribution in [3.63, 3.8) is 0 Å². The molecule has 0 atom stereocenters. The smallest absolute Gasteiger partial charge is 0.331 e. The highest BCUT2D eigenvalue weighted by Gasteiger charge is 2.20. The summed E-state index contributed by atoms with van der Waals surface area (Å²) >= 11 is 0. The number of rotatable bonds is 3. The first-order valence-corrected chi connectivity index (χ1v) is 8.00. The molecule has 7 heteroatoms. The van der Waals surface area contributed by atoms with Gasteiger partial charge in [0.25, 0.3) is 5.56 Å². The molecule has 0 saturated carbocycles. The molecule has 3 heterocycles. The van der Waals surface area contributed by atoms with E-state index in [2.05, 4.69) is 9.98 Å². The van der Waals surface area contributed by atoms with Crippen molar-refractivity contribution in [1.82, 2.24) is 9.55 Å². The number of fused-ring (bicyclic) bond motifs is 1. The molecule has 3 aromatic rings. The van der Waals surface area contributed by atoms with E-state index in [0.717, 1.165) is 27.1 Å². The zero-order valence-corrected chi connectivity index (χ0v) is 13.9. The Morgan fingerprint density at radius 2 is 2.04 bits per heavy atom. The minimum atomic E-state index is -0.705. The van der Waals surface area contributed by atoms with Crippen molar-refractivity contribution in [2.24, 2.45) is 4.99 Å². The van der Waals surface area contributed by atoms with Crippen LogP contribution in [0.3, 0.4) is 0 Å². The molecule has 4 rings (SSSR count). The van der Waals surface area contributed by atoms with Gasteiger partial charge < -0.3 is 9.52 Å². The minimum absolute atomic E-state index is 0.00240. The van der Waals surface area contributed by atoms with Gasteiger partial charge in [-0.2, -0.15) is 0 Å². The topological polar surface area (TPSA) is 101 Å². The van der Waals surface area contributed by atoms with Crippen molar-refractivity contribution >= 4 is 23.0 Å². The third kappa shape index (κ3) is 2.59. The van der Waals surface area contributed by atoms with Crippen LogP contribution in [0.25, 0.3) is 11.6 Å². The van der Waals surface area contributed by atoms with Crippen molar-refractivity contribution in [2.75, 3.05) is 0 Å². The number of furan rings is 1. The maximum absolute atomic E-state index is 12.3. The van der Waals surface area contributed by atoms with E-state index in [9.17, 15) is 14.7 Å². The fourth-order valence-corrected chi connectivity index (χ4v) is 2.97. The van der Waals surface area contributed by atoms with E-state index in [0.29, 0.717) is 5.76 Å². The standard InChI is InChI=1S/C19H15N3O4/c1-11-14(13-6-2-3-7-16(13)20-11)9-15-17(23)21-19(25)22(18(15)24)10-12-5-4-8-26-12/h2-9,24H,10H2,1H3,(H,21,23,25). The molecular weight excluding hydrogens is 334 g/mol. The molecule has 0 bridgehead atoms. The summed E-state index contributed by atoms with van der Waals surface area (Å²) in [6.45, 7) is 1.84. The number of aromatic amines is 1. The molecule has 0 unspecified atom stereocenters. The zero-order chi connectivity index (χ0) is 18.3. The Morgan fingerprint density at radius 1 is 1.23 bits per heavy atom. The van der Waals surface area contributed by atoms with Crippen molar-refractivity contribution in [3.8, 4) is 5.88 Å². The molecule has 2 N–H and O–H groups in total. The maximum atomic E-state index is 12.3. The van der Waals surface area contributed by atoms with Crippen LogP contribution in [-0.2, 0) is 6.54 Å². The van der Waals surface area contributed by atoms with Crippen LogP contribution in [-0.4, -0.2) is 20.4 Å². The highest BCUT2D eigenvalue weighted by molar-refractivity contribution is 6.31. The molecule has 7 nitrogen and oxygen atoms in total. The number of allylic oxidation sites excluding steroid dienone is 1. The number of aromatic nitrogens is 2. The van der Waals surface area contributed by atoms with Crippen LogP contribution in [0.2, 0.25) is 0 Å². The molecule has 1 aromatic carbocycles. The Balaban J connectivity index is 1.87. The van der Waals surface area contributed by atoms with E-state index in [1.165, 1.54) is 6.26 Å². The van der Waals surface area contributed by atoms with Crippen LogP contribution in [0.5, 0.6) is 5.88 Å². The molecule has 0 radical (unpaired) electrons. The fraction of sp³-hybridized carbons (Fsp3) is 0.105. The zero-order valence-electron chi connectivity index (χ0n) is 13.9. The number of aromatic hydroxyl groups is 1. The Labute approximate surface area is 147 Å². The van der Waals surface area contributed by atoms with Gasteiger partial charge in [0.15, 0.2) is 0 Å². The predicted molar refractivity (Wildman–Crippen MR) is 97.9 cm³/mol. The predicted octanol–water partition coefficient (Wildman–Crippen LogP) is 2.53. The summed E-state index contributed by atoms with van der Waals surface area (Å²) in [6, 6.07) is 10.9. The number of nitrogens with zero attached hydrogens (tertiary/aromatic N) is 2. The molecule has 0 saturated heterocycles. The van der Waals surface area contributed by atoms with E-state index >= 15 is 0 Å². The average Bonchev–Trinajstić information content (AvgIpc) is 3.23. The third-order valence-electron chi connectivity index (χ3n) is 4.26. The molecule has 0 fully saturated rings. The molecule has 1 aliphatic heterocycles. The van der Waals surface area contributed by atoms with Crippen LogP contribution in [0, 0.1) is 0 Å². The van der Waals surface area contributed by atoms with E-state index in [4.69, 9.17) is 4.42 Å². The molecule has 2 aromatic heterocycles. The Hall–Kier alpha value is -3.61.